The molecule has 5 rings (SSSR count). The van der Waals surface area contributed by atoms with Crippen molar-refractivity contribution in [2.75, 3.05) is 19.2 Å². The summed E-state index contributed by atoms with van der Waals surface area (Å²) < 4.78 is 21.4. The van der Waals surface area contributed by atoms with E-state index in [-0.39, 0.29) is 23.5 Å². The fourth-order valence-electron chi connectivity index (χ4n) is 3.78. The van der Waals surface area contributed by atoms with Gasteiger partial charge in [-0.15, -0.1) is 11.3 Å². The van der Waals surface area contributed by atoms with Crippen molar-refractivity contribution in [3.8, 4) is 11.5 Å². The third-order valence-corrected chi connectivity index (χ3v) is 6.73. The van der Waals surface area contributed by atoms with Gasteiger partial charge in [-0.3, -0.25) is 9.59 Å². The number of amides is 1. The number of thiophene rings is 1. The zero-order chi connectivity index (χ0) is 23.8. The minimum absolute atomic E-state index is 0.150. The number of methoxy groups -OCH3 is 1. The van der Waals surface area contributed by atoms with Gasteiger partial charge in [-0.25, -0.2) is 4.79 Å². The summed E-state index contributed by atoms with van der Waals surface area (Å²) in [6, 6.07) is 13.5. The summed E-state index contributed by atoms with van der Waals surface area (Å²) >= 11 is 1.26. The molecule has 2 aromatic heterocycles. The van der Waals surface area contributed by atoms with Crippen LogP contribution in [0.4, 0.5) is 5.00 Å². The van der Waals surface area contributed by atoms with Crippen LogP contribution in [0, 0.1) is 6.92 Å². The lowest BCUT2D eigenvalue weighted by Gasteiger charge is -2.06. The first-order valence-electron chi connectivity index (χ1n) is 10.4. The van der Waals surface area contributed by atoms with Crippen LogP contribution in [0.1, 0.15) is 36.9 Å². The topological polar surface area (TPSA) is 104 Å². The molecule has 4 aromatic rings. The molecular weight excluding hydrogens is 458 g/mol. The molecule has 0 radical (unpaired) electrons. The molecule has 34 heavy (non-hydrogen) atoms. The Morgan fingerprint density at radius 3 is 2.71 bits per heavy atom. The fourth-order valence-corrected chi connectivity index (χ4v) is 5.00. The first kappa shape index (κ1) is 21.7. The molecule has 1 aliphatic rings. The van der Waals surface area contributed by atoms with Crippen LogP contribution in [0.15, 0.2) is 57.7 Å². The molecule has 0 fully saturated rings. The Hall–Kier alpha value is -4.11. The van der Waals surface area contributed by atoms with E-state index in [9.17, 15) is 14.4 Å². The quantitative estimate of drug-likeness (QED) is 0.422. The SMILES string of the molecule is COC(=O)c1c(NC(=O)c2cc(=O)c3ccccc3o2)sc(Cc2ccc3c(c2)OCO3)c1C. The molecule has 2 aromatic carbocycles. The Bertz CT molecular complexity index is 1500. The Kier molecular flexibility index (Phi) is 5.54. The number of ether oxygens (including phenoxy) is 3. The molecule has 0 spiro atoms. The summed E-state index contributed by atoms with van der Waals surface area (Å²) in [5, 5.41) is 3.43. The van der Waals surface area contributed by atoms with E-state index in [0.29, 0.717) is 39.5 Å². The number of carbonyl (C=O) groups is 2. The average molecular weight is 477 g/mol. The van der Waals surface area contributed by atoms with E-state index in [1.54, 1.807) is 31.2 Å². The van der Waals surface area contributed by atoms with Crippen LogP contribution in [0.5, 0.6) is 11.5 Å². The van der Waals surface area contributed by atoms with E-state index >= 15 is 0 Å². The minimum Gasteiger partial charge on any atom is -0.465 e. The standard InChI is InChI=1S/C25H19NO7S/c1-13-21(10-14-7-8-18-19(9-14)32-12-31-18)34-24(22(13)25(29)30-2)26-23(28)20-11-16(27)15-5-3-4-6-17(15)33-20/h3-9,11H,10,12H2,1-2H3,(H,26,28). The van der Waals surface area contributed by atoms with Crippen molar-refractivity contribution in [3.05, 3.63) is 86.1 Å². The first-order chi connectivity index (χ1) is 16.4. The van der Waals surface area contributed by atoms with Crippen LogP contribution < -0.4 is 20.2 Å². The predicted octanol–water partition coefficient (Wildman–Crippen LogP) is 4.52. The molecule has 0 unspecified atom stereocenters. The van der Waals surface area contributed by atoms with Gasteiger partial charge in [0.1, 0.15) is 10.6 Å². The Labute approximate surface area is 197 Å². The highest BCUT2D eigenvalue weighted by Gasteiger charge is 2.25. The van der Waals surface area contributed by atoms with E-state index in [1.165, 1.54) is 18.4 Å². The summed E-state index contributed by atoms with van der Waals surface area (Å²) in [6.07, 6.45) is 0.512. The van der Waals surface area contributed by atoms with Gasteiger partial charge in [0.15, 0.2) is 22.7 Å². The van der Waals surface area contributed by atoms with E-state index in [1.807, 2.05) is 18.2 Å². The Morgan fingerprint density at radius 1 is 1.09 bits per heavy atom. The normalized spacial score (nSPS) is 12.1. The maximum absolute atomic E-state index is 13.0. The number of benzene rings is 2. The molecule has 1 amide bonds. The maximum atomic E-state index is 13.0. The van der Waals surface area contributed by atoms with E-state index in [0.717, 1.165) is 16.5 Å². The van der Waals surface area contributed by atoms with Gasteiger partial charge < -0.3 is 23.9 Å². The lowest BCUT2D eigenvalue weighted by atomic mass is 10.1. The van der Waals surface area contributed by atoms with Crippen LogP contribution in [0.2, 0.25) is 0 Å². The summed E-state index contributed by atoms with van der Waals surface area (Å²) in [7, 11) is 1.28. The van der Waals surface area contributed by atoms with Crippen LogP contribution >= 0.6 is 11.3 Å². The number of rotatable bonds is 5. The molecule has 0 aliphatic carbocycles. The summed E-state index contributed by atoms with van der Waals surface area (Å²) in [6.45, 7) is 1.99. The van der Waals surface area contributed by atoms with Crippen molar-refractivity contribution < 1.29 is 28.2 Å². The summed E-state index contributed by atoms with van der Waals surface area (Å²) in [5.74, 6) is -0.000725. The van der Waals surface area contributed by atoms with Crippen molar-refractivity contribution in [1.82, 2.24) is 0 Å². The third kappa shape index (κ3) is 3.90. The van der Waals surface area contributed by atoms with Crippen molar-refractivity contribution in [3.63, 3.8) is 0 Å². The molecule has 1 N–H and O–H groups in total. The van der Waals surface area contributed by atoms with Gasteiger partial charge >= 0.3 is 5.97 Å². The molecule has 0 atom stereocenters. The second-order valence-electron chi connectivity index (χ2n) is 7.64. The molecular formula is C25H19NO7S. The molecule has 0 bridgehead atoms. The van der Waals surface area contributed by atoms with E-state index < -0.39 is 11.9 Å². The van der Waals surface area contributed by atoms with Crippen LogP contribution in [-0.2, 0) is 11.2 Å². The number of hydrogen-bond donors (Lipinski definition) is 1. The second-order valence-corrected chi connectivity index (χ2v) is 8.74. The van der Waals surface area contributed by atoms with Crippen LogP contribution in [-0.4, -0.2) is 25.8 Å². The molecule has 0 saturated heterocycles. The monoisotopic (exact) mass is 477 g/mol. The van der Waals surface area contributed by atoms with Gasteiger partial charge in [0.2, 0.25) is 6.79 Å². The van der Waals surface area contributed by atoms with Gasteiger partial charge in [-0.05, 0) is 42.3 Å². The molecule has 3 heterocycles. The Balaban J connectivity index is 1.48. The number of esters is 1. The molecule has 172 valence electrons. The highest BCUT2D eigenvalue weighted by atomic mass is 32.1. The van der Waals surface area contributed by atoms with Gasteiger partial charge in [0.05, 0.1) is 18.1 Å². The number of carbonyl (C=O) groups excluding carboxylic acids is 2. The number of hydrogen-bond acceptors (Lipinski definition) is 8. The van der Waals surface area contributed by atoms with Crippen molar-refractivity contribution in [2.24, 2.45) is 0 Å². The van der Waals surface area contributed by atoms with Crippen LogP contribution in [0.25, 0.3) is 11.0 Å². The van der Waals surface area contributed by atoms with Gasteiger partial charge in [-0.2, -0.15) is 0 Å². The lowest BCUT2D eigenvalue weighted by Crippen LogP contribution is -2.16. The highest BCUT2D eigenvalue weighted by molar-refractivity contribution is 7.17. The number of para-hydroxylation sites is 1. The molecule has 0 saturated carbocycles. The minimum atomic E-state index is -0.635. The zero-order valence-corrected chi connectivity index (χ0v) is 19.1. The van der Waals surface area contributed by atoms with Crippen molar-refractivity contribution in [2.45, 2.75) is 13.3 Å². The zero-order valence-electron chi connectivity index (χ0n) is 18.3. The maximum Gasteiger partial charge on any atom is 0.341 e. The second kappa shape index (κ2) is 8.68. The molecule has 1 aliphatic heterocycles. The molecule has 8 nitrogen and oxygen atoms in total. The average Bonchev–Trinajstić information content (AvgIpc) is 3.42. The van der Waals surface area contributed by atoms with Crippen LogP contribution in [0.3, 0.4) is 0 Å². The van der Waals surface area contributed by atoms with Gasteiger partial charge in [-0.1, -0.05) is 18.2 Å². The van der Waals surface area contributed by atoms with E-state index in [2.05, 4.69) is 5.32 Å². The smallest absolute Gasteiger partial charge is 0.341 e. The van der Waals surface area contributed by atoms with Gasteiger partial charge in [0.25, 0.3) is 5.91 Å². The van der Waals surface area contributed by atoms with Gasteiger partial charge in [0, 0.05) is 17.4 Å². The Morgan fingerprint density at radius 2 is 1.88 bits per heavy atom. The van der Waals surface area contributed by atoms with Crippen molar-refractivity contribution >= 4 is 39.2 Å². The van der Waals surface area contributed by atoms with Crippen molar-refractivity contribution in [1.29, 1.82) is 0 Å². The highest BCUT2D eigenvalue weighted by Crippen LogP contribution is 2.38. The third-order valence-electron chi connectivity index (χ3n) is 5.52. The first-order valence-corrected chi connectivity index (χ1v) is 11.2. The summed E-state index contributed by atoms with van der Waals surface area (Å²) in [4.78, 5) is 38.8. The number of nitrogens with one attached hydrogen (secondary N) is 1. The largest absolute Gasteiger partial charge is 0.465 e. The fraction of sp³-hybridized carbons (Fsp3) is 0.160. The number of fused-ring (bicyclic) bond motifs is 2. The lowest BCUT2D eigenvalue weighted by molar-refractivity contribution is 0.0601. The predicted molar refractivity (Wildman–Crippen MR) is 126 cm³/mol. The van der Waals surface area contributed by atoms with E-state index in [4.69, 9.17) is 18.6 Å². The molecule has 9 heteroatoms. The summed E-state index contributed by atoms with van der Waals surface area (Å²) in [5.41, 5.74) is 1.90. The number of anilines is 1.